The Morgan fingerprint density at radius 1 is 0.566 bits per heavy atom. The number of fused-ring (bicyclic) bond motifs is 2. The summed E-state index contributed by atoms with van der Waals surface area (Å²) in [5.74, 6) is 0.601. The molecule has 0 radical (unpaired) electrons. The van der Waals surface area contributed by atoms with Crippen LogP contribution in [0.25, 0.3) is 34.4 Å². The van der Waals surface area contributed by atoms with Crippen molar-refractivity contribution in [3.05, 3.63) is 129 Å². The Kier molecular flexibility index (Phi) is 11.6. The molecule has 4 aromatic rings. The van der Waals surface area contributed by atoms with Gasteiger partial charge in [-0.1, -0.05) is 0 Å². The van der Waals surface area contributed by atoms with Crippen molar-refractivity contribution in [1.82, 2.24) is 4.14 Å². The van der Waals surface area contributed by atoms with E-state index in [-0.39, 0.29) is 7.25 Å². The first kappa shape index (κ1) is 40.9. The summed E-state index contributed by atoms with van der Waals surface area (Å²) in [4.78, 5) is 0.809. The molecule has 0 bridgehead atoms. The van der Waals surface area contributed by atoms with E-state index in [0.717, 1.165) is 17.8 Å². The Morgan fingerprint density at radius 2 is 0.925 bits per heavy atom. The van der Waals surface area contributed by atoms with E-state index in [1.54, 1.807) is 0 Å². The van der Waals surface area contributed by atoms with Crippen LogP contribution in [-0.2, 0) is 29.0 Å². The molecule has 0 fully saturated rings. The van der Waals surface area contributed by atoms with Gasteiger partial charge in [0.25, 0.3) is 0 Å². The van der Waals surface area contributed by atoms with E-state index in [2.05, 4.69) is 182 Å². The number of benzene rings is 4. The van der Waals surface area contributed by atoms with E-state index in [4.69, 9.17) is 17.0 Å². The first-order valence-corrected chi connectivity index (χ1v) is 37.8. The predicted octanol–water partition coefficient (Wildman–Crippen LogP) is 14.3. The summed E-state index contributed by atoms with van der Waals surface area (Å²) in [6, 6.07) is 31.9. The maximum absolute atomic E-state index is 9.16. The van der Waals surface area contributed by atoms with E-state index in [1.165, 1.54) is 66.8 Å². The van der Waals surface area contributed by atoms with Crippen LogP contribution in [0.5, 0.6) is 0 Å². The molecule has 2 atom stereocenters. The topological polar surface area (TPSA) is 3.24 Å². The van der Waals surface area contributed by atoms with Gasteiger partial charge >= 0.3 is 335 Å². The van der Waals surface area contributed by atoms with Crippen LogP contribution in [0.1, 0.15) is 82.2 Å². The van der Waals surface area contributed by atoms with E-state index in [9.17, 15) is 0 Å². The number of nitrogens with zero attached hydrogens (tertiary/aromatic N) is 1. The third-order valence-corrected chi connectivity index (χ3v) is 39.1. The van der Waals surface area contributed by atoms with Gasteiger partial charge in [0, 0.05) is 0 Å². The molecule has 1 nitrogen and oxygen atoms in total. The van der Waals surface area contributed by atoms with Crippen molar-refractivity contribution in [3.63, 3.8) is 0 Å². The summed E-state index contributed by atoms with van der Waals surface area (Å²) < 4.78 is 2.91. The number of allylic oxidation sites excluding steroid dienone is 2. The van der Waals surface area contributed by atoms with E-state index >= 15 is 0 Å². The normalized spacial score (nSPS) is 18.2. The number of hydrogen-bond donors (Lipinski definition) is 0. The molecule has 53 heavy (non-hydrogen) atoms. The fourth-order valence-corrected chi connectivity index (χ4v) is 52.5. The molecule has 2 aliphatic rings. The molecule has 2 aliphatic carbocycles. The molecular weight excluding hydrogens is 796 g/mol. The van der Waals surface area contributed by atoms with Crippen molar-refractivity contribution in [2.24, 2.45) is 11.8 Å². The van der Waals surface area contributed by atoms with Crippen LogP contribution < -0.4 is 0 Å². The summed E-state index contributed by atoms with van der Waals surface area (Å²) in [7, 11) is 14.6. The molecule has 0 aromatic heterocycles. The summed E-state index contributed by atoms with van der Waals surface area (Å²) in [6.45, 7) is 29.1. The van der Waals surface area contributed by atoms with Crippen molar-refractivity contribution in [2.75, 3.05) is 0 Å². The Labute approximate surface area is 332 Å². The van der Waals surface area contributed by atoms with Gasteiger partial charge in [0.15, 0.2) is 0 Å². The van der Waals surface area contributed by atoms with Crippen molar-refractivity contribution >= 4 is 50.6 Å². The molecule has 4 aromatic carbocycles. The van der Waals surface area contributed by atoms with Crippen LogP contribution in [-0.4, -0.2) is 25.6 Å². The Morgan fingerprint density at radius 3 is 1.26 bits per heavy atom. The standard InChI is InChI=1S/2C20H21.C6H19BNSi2.2ClH.Zr/c2*1-4-15-8-5-6-10-18(15)19-11-7-9-16-12-17(14(2)3)13-20(16)19;1-9(2,3)8(7)10(4,5)6;;;/h2*5-14H,4H2,1-3H3;7H,1-6H3;2*1H;/q;;+1;;;+1/p-2. The van der Waals surface area contributed by atoms with E-state index < -0.39 is 32.6 Å². The third-order valence-electron chi connectivity index (χ3n) is 12.2. The molecule has 0 N–H and O–H groups in total. The SMILES string of the molecule is CCc1ccccc1-c1cccc2c1C=C(C(C)C)[CH]2[Zr]([Cl])([Cl])([BH]N([Si](C)(C)C)[Si](C)(C)C)[CH]1C(C(C)C)=Cc2c(-c3ccccc3CC)cccc21. The van der Waals surface area contributed by atoms with E-state index in [1.807, 2.05) is 0 Å². The second kappa shape index (κ2) is 15.0. The van der Waals surface area contributed by atoms with Crippen LogP contribution in [0, 0.1) is 11.8 Å². The molecule has 0 heterocycles. The van der Waals surface area contributed by atoms with Crippen LogP contribution in [0.2, 0.25) is 39.3 Å². The minimum absolute atomic E-state index is 0.0107. The quantitative estimate of drug-likeness (QED) is 0.128. The van der Waals surface area contributed by atoms with Gasteiger partial charge in [0.1, 0.15) is 0 Å². The average molecular weight is 857 g/mol. The van der Waals surface area contributed by atoms with Crippen LogP contribution in [0.4, 0.5) is 0 Å². The Bertz CT molecular complexity index is 1940. The zero-order valence-corrected chi connectivity index (χ0v) is 40.3. The number of halogens is 2. The average Bonchev–Trinajstić information content (AvgIpc) is 3.72. The summed E-state index contributed by atoms with van der Waals surface area (Å²) in [6.07, 6.45) is 7.04. The second-order valence-corrected chi connectivity index (χ2v) is 50.5. The fourth-order valence-electron chi connectivity index (χ4n) is 9.95. The molecule has 2 unspecified atom stereocenters. The Hall–Kier alpha value is -1.72. The Balaban J connectivity index is 1.71. The van der Waals surface area contributed by atoms with Gasteiger partial charge in [-0.25, -0.2) is 0 Å². The second-order valence-electron chi connectivity index (χ2n) is 18.4. The maximum atomic E-state index is 9.16. The zero-order valence-electron chi connectivity index (χ0n) is 34.4. The monoisotopic (exact) mass is 854 g/mol. The molecule has 6 rings (SSSR count). The number of aryl methyl sites for hydroxylation is 2. The molecular formula is C46H61BCl2NSi2Zr. The van der Waals surface area contributed by atoms with Crippen molar-refractivity contribution in [3.8, 4) is 22.3 Å². The number of hydrogen-bond acceptors (Lipinski definition) is 1. The summed E-state index contributed by atoms with van der Waals surface area (Å²) >= 11 is -5.32. The van der Waals surface area contributed by atoms with Crippen molar-refractivity contribution in [1.29, 1.82) is 0 Å². The van der Waals surface area contributed by atoms with Gasteiger partial charge in [0.05, 0.1) is 0 Å². The zero-order chi connectivity index (χ0) is 38.7. The molecule has 0 spiro atoms. The molecule has 0 aliphatic heterocycles. The van der Waals surface area contributed by atoms with E-state index in [0.29, 0.717) is 11.8 Å². The van der Waals surface area contributed by atoms with Gasteiger partial charge in [-0.3, -0.25) is 0 Å². The summed E-state index contributed by atoms with van der Waals surface area (Å²) in [5, 5.41) is 0. The third kappa shape index (κ3) is 7.35. The van der Waals surface area contributed by atoms with Gasteiger partial charge in [-0.05, 0) is 0 Å². The molecule has 7 heteroatoms. The van der Waals surface area contributed by atoms with Gasteiger partial charge < -0.3 is 0 Å². The minimum atomic E-state index is -5.32. The molecule has 279 valence electrons. The van der Waals surface area contributed by atoms with Crippen LogP contribution >= 0.6 is 17.0 Å². The molecule has 0 saturated carbocycles. The predicted molar refractivity (Wildman–Crippen MR) is 241 cm³/mol. The van der Waals surface area contributed by atoms with Gasteiger partial charge in [-0.2, -0.15) is 0 Å². The number of rotatable bonds is 12. The fraction of sp³-hybridized carbons (Fsp3) is 0.391. The first-order chi connectivity index (χ1) is 24.8. The summed E-state index contributed by atoms with van der Waals surface area (Å²) in [5.41, 5.74) is 16.2. The van der Waals surface area contributed by atoms with Gasteiger partial charge in [0.2, 0.25) is 0 Å². The van der Waals surface area contributed by atoms with Crippen molar-refractivity contribution in [2.45, 2.75) is 101 Å². The van der Waals surface area contributed by atoms with Crippen molar-refractivity contribution < 1.29 is 16.2 Å². The first-order valence-electron chi connectivity index (χ1n) is 20.0. The molecule has 0 saturated heterocycles. The molecule has 0 amide bonds. The van der Waals surface area contributed by atoms with Crippen LogP contribution in [0.3, 0.4) is 0 Å². The van der Waals surface area contributed by atoms with Crippen LogP contribution in [0.15, 0.2) is 96.1 Å². The van der Waals surface area contributed by atoms with Gasteiger partial charge in [-0.15, -0.1) is 0 Å².